The Morgan fingerprint density at radius 3 is 2.58 bits per heavy atom. The number of nitrogens with two attached hydrogens (primary N) is 1. The van der Waals surface area contributed by atoms with Crippen LogP contribution >= 0.6 is 0 Å². The second-order valence-electron chi connectivity index (χ2n) is 6.93. The first-order chi connectivity index (χ1) is 15.0. The predicted octanol–water partition coefficient (Wildman–Crippen LogP) is 1.28. The lowest BCUT2D eigenvalue weighted by molar-refractivity contribution is -0.128. The SMILES string of the molecule is COc1ccc(C(=O)N2CCNC(=O)C2CCO)cc1Oc1cccc(OC)c1CN. The van der Waals surface area contributed by atoms with Gasteiger partial charge in [-0.2, -0.15) is 0 Å². The molecule has 0 saturated carbocycles. The molecule has 1 saturated heterocycles. The van der Waals surface area contributed by atoms with Gasteiger partial charge in [0.2, 0.25) is 5.91 Å². The second kappa shape index (κ2) is 10.1. The first kappa shape index (κ1) is 22.4. The minimum Gasteiger partial charge on any atom is -0.496 e. The third-order valence-electron chi connectivity index (χ3n) is 5.14. The molecule has 2 aromatic rings. The maximum Gasteiger partial charge on any atom is 0.254 e. The van der Waals surface area contributed by atoms with E-state index >= 15 is 0 Å². The van der Waals surface area contributed by atoms with Gasteiger partial charge >= 0.3 is 0 Å². The third-order valence-corrected chi connectivity index (χ3v) is 5.14. The summed E-state index contributed by atoms with van der Waals surface area (Å²) in [5.41, 5.74) is 6.89. The Hall–Kier alpha value is -3.30. The van der Waals surface area contributed by atoms with E-state index in [2.05, 4.69) is 5.32 Å². The number of hydrogen-bond acceptors (Lipinski definition) is 7. The molecule has 0 radical (unpaired) electrons. The van der Waals surface area contributed by atoms with Crippen molar-refractivity contribution in [1.82, 2.24) is 10.2 Å². The number of rotatable bonds is 8. The Morgan fingerprint density at radius 2 is 1.90 bits per heavy atom. The summed E-state index contributed by atoms with van der Waals surface area (Å²) in [6.07, 6.45) is 0.167. The van der Waals surface area contributed by atoms with Crippen molar-refractivity contribution >= 4 is 11.8 Å². The minimum atomic E-state index is -0.722. The van der Waals surface area contributed by atoms with Crippen LogP contribution in [0.1, 0.15) is 22.3 Å². The average molecular weight is 429 g/mol. The van der Waals surface area contributed by atoms with Crippen LogP contribution in [0.25, 0.3) is 0 Å². The topological polar surface area (TPSA) is 123 Å². The molecule has 1 aliphatic heterocycles. The molecule has 1 atom stereocenters. The number of hydrogen-bond donors (Lipinski definition) is 3. The molecule has 1 fully saturated rings. The van der Waals surface area contributed by atoms with Crippen LogP contribution < -0.4 is 25.3 Å². The standard InChI is InChI=1S/C22H27N3O6/c1-29-17-4-3-5-18(15(17)13-23)31-20-12-14(6-7-19(20)30-2)22(28)25-10-9-24-21(27)16(25)8-11-26/h3-7,12,16,26H,8-11,13,23H2,1-2H3,(H,24,27). The summed E-state index contributed by atoms with van der Waals surface area (Å²) in [5.74, 6) is 1.24. The highest BCUT2D eigenvalue weighted by molar-refractivity contribution is 5.98. The lowest BCUT2D eigenvalue weighted by Crippen LogP contribution is -2.57. The largest absolute Gasteiger partial charge is 0.496 e. The van der Waals surface area contributed by atoms with Crippen molar-refractivity contribution < 1.29 is 28.9 Å². The second-order valence-corrected chi connectivity index (χ2v) is 6.93. The number of nitrogens with zero attached hydrogens (tertiary/aromatic N) is 1. The van der Waals surface area contributed by atoms with E-state index in [4.69, 9.17) is 19.9 Å². The fourth-order valence-corrected chi connectivity index (χ4v) is 3.57. The van der Waals surface area contributed by atoms with Crippen molar-refractivity contribution in [2.45, 2.75) is 19.0 Å². The minimum absolute atomic E-state index is 0.167. The number of aliphatic hydroxyl groups excluding tert-OH is 1. The van der Waals surface area contributed by atoms with Gasteiger partial charge in [-0.05, 0) is 36.8 Å². The van der Waals surface area contributed by atoms with Crippen LogP contribution in [0.15, 0.2) is 36.4 Å². The van der Waals surface area contributed by atoms with Crippen molar-refractivity contribution in [2.75, 3.05) is 33.9 Å². The van der Waals surface area contributed by atoms with Gasteiger partial charge in [0.1, 0.15) is 17.5 Å². The molecule has 9 nitrogen and oxygen atoms in total. The van der Waals surface area contributed by atoms with E-state index in [-0.39, 0.29) is 31.4 Å². The van der Waals surface area contributed by atoms with Gasteiger partial charge in [0.05, 0.1) is 19.8 Å². The van der Waals surface area contributed by atoms with Crippen molar-refractivity contribution in [3.63, 3.8) is 0 Å². The molecule has 3 rings (SSSR count). The van der Waals surface area contributed by atoms with Crippen LogP contribution in [0.3, 0.4) is 0 Å². The summed E-state index contributed by atoms with van der Waals surface area (Å²) in [5, 5.41) is 12.0. The molecular weight excluding hydrogens is 402 g/mol. The Labute approximate surface area is 180 Å². The van der Waals surface area contributed by atoms with E-state index in [0.717, 1.165) is 0 Å². The number of piperazine rings is 1. The van der Waals surface area contributed by atoms with Crippen LogP contribution in [0.4, 0.5) is 0 Å². The fourth-order valence-electron chi connectivity index (χ4n) is 3.57. The van der Waals surface area contributed by atoms with Gasteiger partial charge in [-0.1, -0.05) is 6.07 Å². The highest BCUT2D eigenvalue weighted by atomic mass is 16.5. The zero-order chi connectivity index (χ0) is 22.4. The van der Waals surface area contributed by atoms with Crippen LogP contribution in [0.5, 0.6) is 23.0 Å². The Bertz CT molecular complexity index is 949. The lowest BCUT2D eigenvalue weighted by Gasteiger charge is -2.35. The van der Waals surface area contributed by atoms with Crippen LogP contribution in [0, 0.1) is 0 Å². The number of amides is 2. The third kappa shape index (κ3) is 4.73. The average Bonchev–Trinajstić information content (AvgIpc) is 2.79. The predicted molar refractivity (Wildman–Crippen MR) is 113 cm³/mol. The molecule has 0 aromatic heterocycles. The number of benzene rings is 2. The van der Waals surface area contributed by atoms with Crippen molar-refractivity contribution in [1.29, 1.82) is 0 Å². The first-order valence-electron chi connectivity index (χ1n) is 9.95. The molecule has 2 aromatic carbocycles. The van der Waals surface area contributed by atoms with E-state index in [0.29, 0.717) is 47.2 Å². The molecule has 166 valence electrons. The van der Waals surface area contributed by atoms with E-state index in [1.807, 2.05) is 0 Å². The smallest absolute Gasteiger partial charge is 0.254 e. The number of aliphatic hydroxyl groups is 1. The van der Waals surface area contributed by atoms with Gasteiger partial charge in [-0.3, -0.25) is 9.59 Å². The van der Waals surface area contributed by atoms with Crippen LogP contribution in [-0.2, 0) is 11.3 Å². The molecule has 9 heteroatoms. The number of ether oxygens (including phenoxy) is 3. The zero-order valence-electron chi connectivity index (χ0n) is 17.6. The lowest BCUT2D eigenvalue weighted by atomic mass is 10.1. The molecule has 1 heterocycles. The summed E-state index contributed by atoms with van der Waals surface area (Å²) in [4.78, 5) is 26.8. The zero-order valence-corrected chi connectivity index (χ0v) is 17.6. The molecule has 2 amide bonds. The van der Waals surface area contributed by atoms with Crippen LogP contribution in [0.2, 0.25) is 0 Å². The highest BCUT2D eigenvalue weighted by Crippen LogP contribution is 2.37. The van der Waals surface area contributed by atoms with E-state index in [1.165, 1.54) is 12.0 Å². The van der Waals surface area contributed by atoms with Crippen LogP contribution in [-0.4, -0.2) is 61.8 Å². The highest BCUT2D eigenvalue weighted by Gasteiger charge is 2.33. The van der Waals surface area contributed by atoms with Gasteiger partial charge in [0, 0.05) is 31.8 Å². The van der Waals surface area contributed by atoms with Gasteiger partial charge in [-0.15, -0.1) is 0 Å². The Morgan fingerprint density at radius 1 is 1.16 bits per heavy atom. The summed E-state index contributed by atoms with van der Waals surface area (Å²) in [7, 11) is 3.06. The number of nitrogens with one attached hydrogen (secondary N) is 1. The fraction of sp³-hybridized carbons (Fsp3) is 0.364. The van der Waals surface area contributed by atoms with E-state index < -0.39 is 6.04 Å². The van der Waals surface area contributed by atoms with Gasteiger partial charge < -0.3 is 35.3 Å². The number of methoxy groups -OCH3 is 2. The number of carbonyl (C=O) groups excluding carboxylic acids is 2. The summed E-state index contributed by atoms with van der Waals surface area (Å²) < 4.78 is 16.8. The molecule has 31 heavy (non-hydrogen) atoms. The van der Waals surface area contributed by atoms with E-state index in [9.17, 15) is 14.7 Å². The molecule has 1 aliphatic rings. The maximum atomic E-state index is 13.2. The summed E-state index contributed by atoms with van der Waals surface area (Å²) >= 11 is 0. The number of carbonyl (C=O) groups is 2. The first-order valence-corrected chi connectivity index (χ1v) is 9.95. The Balaban J connectivity index is 1.94. The van der Waals surface area contributed by atoms with E-state index in [1.54, 1.807) is 43.5 Å². The molecule has 0 aliphatic carbocycles. The molecule has 0 bridgehead atoms. The quantitative estimate of drug-likeness (QED) is 0.577. The Kier molecular flexibility index (Phi) is 7.32. The van der Waals surface area contributed by atoms with Crippen molar-refractivity contribution in [3.05, 3.63) is 47.5 Å². The maximum absolute atomic E-state index is 13.2. The summed E-state index contributed by atoms with van der Waals surface area (Å²) in [6, 6.07) is 9.42. The van der Waals surface area contributed by atoms with Crippen molar-refractivity contribution in [3.8, 4) is 23.0 Å². The molecule has 4 N–H and O–H groups in total. The van der Waals surface area contributed by atoms with Gasteiger partial charge in [0.25, 0.3) is 5.91 Å². The molecular formula is C22H27N3O6. The van der Waals surface area contributed by atoms with Gasteiger partial charge in [0.15, 0.2) is 11.5 Å². The monoisotopic (exact) mass is 429 g/mol. The van der Waals surface area contributed by atoms with Gasteiger partial charge in [-0.25, -0.2) is 0 Å². The molecule has 1 unspecified atom stereocenters. The molecule has 0 spiro atoms. The normalized spacial score (nSPS) is 15.9. The van der Waals surface area contributed by atoms with Crippen molar-refractivity contribution in [2.24, 2.45) is 5.73 Å². The summed E-state index contributed by atoms with van der Waals surface area (Å²) in [6.45, 7) is 0.711.